The van der Waals surface area contributed by atoms with Crippen molar-refractivity contribution in [1.29, 1.82) is 0 Å². The van der Waals surface area contributed by atoms with Gasteiger partial charge in [-0.15, -0.1) is 0 Å². The fraction of sp³-hybridized carbons (Fsp3) is 0.333. The summed E-state index contributed by atoms with van der Waals surface area (Å²) in [6, 6.07) is 7.28. The van der Waals surface area contributed by atoms with Gasteiger partial charge in [0.2, 0.25) is 5.75 Å². The molecular weight excluding hydrogens is 326 g/mol. The van der Waals surface area contributed by atoms with E-state index in [9.17, 15) is 0 Å². The van der Waals surface area contributed by atoms with Crippen LogP contribution in [0, 0.1) is 0 Å². The molecule has 3 rings (SSSR count). The van der Waals surface area contributed by atoms with Gasteiger partial charge in [0.05, 0.1) is 39.8 Å². The summed E-state index contributed by atoms with van der Waals surface area (Å²) in [7, 11) is 6.31. The molecule has 0 fully saturated rings. The van der Waals surface area contributed by atoms with E-state index in [0.717, 1.165) is 5.69 Å². The quantitative estimate of drug-likeness (QED) is 0.860. The van der Waals surface area contributed by atoms with Gasteiger partial charge in [-0.05, 0) is 12.1 Å². The first-order valence-corrected chi connectivity index (χ1v) is 7.75. The minimum absolute atomic E-state index is 0.506. The van der Waals surface area contributed by atoms with E-state index < -0.39 is 0 Å². The zero-order chi connectivity index (χ0) is 17.8. The normalized spacial score (nSPS) is 12.3. The summed E-state index contributed by atoms with van der Waals surface area (Å²) in [4.78, 5) is 0. The predicted octanol–water partition coefficient (Wildman–Crippen LogP) is 3.24. The van der Waals surface area contributed by atoms with E-state index in [1.54, 1.807) is 40.6 Å². The van der Waals surface area contributed by atoms with Crippen LogP contribution in [0.5, 0.6) is 34.5 Å². The van der Waals surface area contributed by atoms with Crippen molar-refractivity contribution in [2.24, 2.45) is 0 Å². The fourth-order valence-electron chi connectivity index (χ4n) is 2.68. The van der Waals surface area contributed by atoms with Crippen LogP contribution in [0.4, 0.5) is 11.4 Å². The van der Waals surface area contributed by atoms with Gasteiger partial charge in [-0.25, -0.2) is 0 Å². The van der Waals surface area contributed by atoms with Crippen LogP contribution >= 0.6 is 0 Å². The molecule has 0 saturated heterocycles. The first-order chi connectivity index (χ1) is 12.2. The zero-order valence-corrected chi connectivity index (χ0v) is 14.7. The average Bonchev–Trinajstić information content (AvgIpc) is 2.66. The number of anilines is 2. The smallest absolute Gasteiger partial charge is 0.205 e. The maximum atomic E-state index is 5.64. The third-order valence-electron chi connectivity index (χ3n) is 3.84. The minimum Gasteiger partial charge on any atom is -0.494 e. The predicted molar refractivity (Wildman–Crippen MR) is 93.4 cm³/mol. The molecule has 7 nitrogen and oxygen atoms in total. The second kappa shape index (κ2) is 7.29. The molecule has 1 aliphatic heterocycles. The van der Waals surface area contributed by atoms with E-state index in [-0.39, 0.29) is 0 Å². The number of benzene rings is 2. The maximum absolute atomic E-state index is 5.64. The molecule has 0 aromatic heterocycles. The number of ether oxygens (including phenoxy) is 6. The van der Waals surface area contributed by atoms with Crippen LogP contribution in [0.2, 0.25) is 0 Å². The molecule has 1 N–H and O–H groups in total. The molecule has 0 saturated carbocycles. The Balaban J connectivity index is 2.02. The van der Waals surface area contributed by atoms with Crippen LogP contribution in [0.25, 0.3) is 0 Å². The SMILES string of the molecule is COc1cc2c(cc1Nc1ccc(OC)c(OC)c1OC)OCCO2. The minimum atomic E-state index is 0.506. The molecule has 2 aromatic carbocycles. The van der Waals surface area contributed by atoms with Gasteiger partial charge in [-0.2, -0.15) is 0 Å². The van der Waals surface area contributed by atoms with E-state index in [0.29, 0.717) is 53.4 Å². The van der Waals surface area contributed by atoms with E-state index in [4.69, 9.17) is 28.4 Å². The monoisotopic (exact) mass is 347 g/mol. The molecule has 0 spiro atoms. The van der Waals surface area contributed by atoms with Crippen LogP contribution in [0.3, 0.4) is 0 Å². The number of methoxy groups -OCH3 is 4. The molecule has 0 aliphatic carbocycles. The van der Waals surface area contributed by atoms with Crippen LogP contribution in [-0.2, 0) is 0 Å². The van der Waals surface area contributed by atoms with Gasteiger partial charge in [0.15, 0.2) is 23.0 Å². The van der Waals surface area contributed by atoms with Crippen LogP contribution in [0.15, 0.2) is 24.3 Å². The third-order valence-corrected chi connectivity index (χ3v) is 3.84. The molecule has 0 amide bonds. The van der Waals surface area contributed by atoms with E-state index >= 15 is 0 Å². The summed E-state index contributed by atoms with van der Waals surface area (Å²) < 4.78 is 32.9. The van der Waals surface area contributed by atoms with Crippen molar-refractivity contribution in [3.8, 4) is 34.5 Å². The Morgan fingerprint density at radius 3 is 1.96 bits per heavy atom. The first-order valence-electron chi connectivity index (χ1n) is 7.75. The Bertz CT molecular complexity index is 762. The maximum Gasteiger partial charge on any atom is 0.205 e. The van der Waals surface area contributed by atoms with Gasteiger partial charge < -0.3 is 33.7 Å². The first kappa shape index (κ1) is 16.9. The summed E-state index contributed by atoms with van der Waals surface area (Å²) in [5.41, 5.74) is 1.42. The Kier molecular flexibility index (Phi) is 4.92. The van der Waals surface area contributed by atoms with Crippen molar-refractivity contribution >= 4 is 11.4 Å². The van der Waals surface area contributed by atoms with Gasteiger partial charge in [-0.3, -0.25) is 0 Å². The average molecular weight is 347 g/mol. The molecule has 1 aliphatic rings. The van der Waals surface area contributed by atoms with Crippen molar-refractivity contribution < 1.29 is 28.4 Å². The Hall–Kier alpha value is -2.96. The lowest BCUT2D eigenvalue weighted by atomic mass is 10.2. The van der Waals surface area contributed by atoms with Gasteiger partial charge in [0.1, 0.15) is 19.0 Å². The van der Waals surface area contributed by atoms with Gasteiger partial charge in [0, 0.05) is 12.1 Å². The number of hydrogen-bond donors (Lipinski definition) is 1. The molecule has 1 heterocycles. The summed E-state index contributed by atoms with van der Waals surface area (Å²) in [5.74, 6) is 3.56. The second-order valence-electron chi connectivity index (χ2n) is 5.20. The number of rotatable bonds is 6. The van der Waals surface area contributed by atoms with E-state index in [2.05, 4.69) is 5.32 Å². The lowest BCUT2D eigenvalue weighted by Gasteiger charge is -2.22. The van der Waals surface area contributed by atoms with Gasteiger partial charge in [0.25, 0.3) is 0 Å². The summed E-state index contributed by atoms with van der Waals surface area (Å²) >= 11 is 0. The molecule has 0 unspecified atom stereocenters. The Morgan fingerprint density at radius 1 is 0.720 bits per heavy atom. The van der Waals surface area contributed by atoms with Crippen LogP contribution < -0.4 is 33.7 Å². The molecule has 134 valence electrons. The highest BCUT2D eigenvalue weighted by atomic mass is 16.6. The number of fused-ring (bicyclic) bond motifs is 1. The Morgan fingerprint density at radius 2 is 1.36 bits per heavy atom. The van der Waals surface area contributed by atoms with Crippen molar-refractivity contribution in [3.05, 3.63) is 24.3 Å². The summed E-state index contributed by atoms with van der Waals surface area (Å²) in [5, 5.41) is 3.30. The van der Waals surface area contributed by atoms with Crippen LogP contribution in [0.1, 0.15) is 0 Å². The third kappa shape index (κ3) is 3.17. The molecule has 7 heteroatoms. The molecular formula is C18H21NO6. The molecule has 0 atom stereocenters. The zero-order valence-electron chi connectivity index (χ0n) is 14.7. The molecule has 2 aromatic rings. The molecule has 25 heavy (non-hydrogen) atoms. The van der Waals surface area contributed by atoms with E-state index in [1.807, 2.05) is 12.1 Å². The van der Waals surface area contributed by atoms with E-state index in [1.165, 1.54) is 0 Å². The highest BCUT2D eigenvalue weighted by molar-refractivity contribution is 5.77. The lowest BCUT2D eigenvalue weighted by Crippen LogP contribution is -2.15. The summed E-state index contributed by atoms with van der Waals surface area (Å²) in [6.45, 7) is 1.03. The van der Waals surface area contributed by atoms with Gasteiger partial charge in [-0.1, -0.05) is 0 Å². The number of nitrogens with one attached hydrogen (secondary N) is 1. The highest BCUT2D eigenvalue weighted by Crippen LogP contribution is 2.46. The summed E-state index contributed by atoms with van der Waals surface area (Å²) in [6.07, 6.45) is 0. The van der Waals surface area contributed by atoms with Crippen molar-refractivity contribution in [3.63, 3.8) is 0 Å². The van der Waals surface area contributed by atoms with Crippen molar-refractivity contribution in [2.75, 3.05) is 47.0 Å². The fourth-order valence-corrected chi connectivity index (χ4v) is 2.68. The van der Waals surface area contributed by atoms with Crippen molar-refractivity contribution in [1.82, 2.24) is 0 Å². The largest absolute Gasteiger partial charge is 0.494 e. The van der Waals surface area contributed by atoms with Gasteiger partial charge >= 0.3 is 0 Å². The van der Waals surface area contributed by atoms with Crippen LogP contribution in [-0.4, -0.2) is 41.7 Å². The highest BCUT2D eigenvalue weighted by Gasteiger charge is 2.20. The second-order valence-corrected chi connectivity index (χ2v) is 5.20. The standard InChI is InChI=1S/C18H21NO6/c1-20-13-6-5-11(17(22-3)18(13)23-4)19-12-9-15-16(10-14(12)21-2)25-8-7-24-15/h5-6,9-10,19H,7-8H2,1-4H3. The number of hydrogen-bond acceptors (Lipinski definition) is 7. The lowest BCUT2D eigenvalue weighted by molar-refractivity contribution is 0.171. The Labute approximate surface area is 146 Å². The van der Waals surface area contributed by atoms with Crippen molar-refractivity contribution in [2.45, 2.75) is 0 Å². The molecule has 0 bridgehead atoms. The topological polar surface area (TPSA) is 67.4 Å². The molecule has 0 radical (unpaired) electrons.